The number of aliphatic hydroxyl groups excluding tert-OH is 1. The Morgan fingerprint density at radius 2 is 2.20 bits per heavy atom. The Kier molecular flexibility index (Phi) is 7.51. The molecule has 0 aromatic rings. The normalized spacial score (nSPS) is 30.3. The molecule has 5 heteroatoms. The maximum atomic E-state index is 11.5. The second kappa shape index (κ2) is 8.89. The van der Waals surface area contributed by atoms with Crippen LogP contribution in [-0.4, -0.2) is 50.1 Å². The van der Waals surface area contributed by atoms with Gasteiger partial charge in [-0.15, -0.1) is 0 Å². The van der Waals surface area contributed by atoms with Crippen LogP contribution in [0.3, 0.4) is 0 Å². The number of carbonyl (C=O) groups is 1. The summed E-state index contributed by atoms with van der Waals surface area (Å²) in [5, 5.41) is 13.0. The van der Waals surface area contributed by atoms with Gasteiger partial charge >= 0.3 is 0 Å². The zero-order valence-electron chi connectivity index (χ0n) is 12.5. The smallest absolute Gasteiger partial charge is 0.246 e. The monoisotopic (exact) mass is 283 g/mol. The van der Waals surface area contributed by atoms with E-state index in [2.05, 4.69) is 5.32 Å². The number of aliphatic hydroxyl groups is 1. The molecule has 1 amide bonds. The molecule has 20 heavy (non-hydrogen) atoms. The second-order valence-corrected chi connectivity index (χ2v) is 5.12. The number of ether oxygens (including phenoxy) is 2. The van der Waals surface area contributed by atoms with Gasteiger partial charge in [-0.2, -0.15) is 0 Å². The van der Waals surface area contributed by atoms with E-state index in [0.717, 1.165) is 5.57 Å². The largest absolute Gasteiger partial charge is 0.389 e. The molecule has 0 saturated heterocycles. The van der Waals surface area contributed by atoms with E-state index in [-0.39, 0.29) is 24.5 Å². The van der Waals surface area contributed by atoms with E-state index in [9.17, 15) is 9.90 Å². The van der Waals surface area contributed by atoms with Crippen molar-refractivity contribution in [3.63, 3.8) is 0 Å². The predicted molar refractivity (Wildman–Crippen MR) is 77.3 cm³/mol. The lowest BCUT2D eigenvalue weighted by Gasteiger charge is -2.23. The van der Waals surface area contributed by atoms with Crippen molar-refractivity contribution in [3.8, 4) is 0 Å². The molecule has 0 aromatic carbocycles. The highest BCUT2D eigenvalue weighted by Gasteiger charge is 2.21. The van der Waals surface area contributed by atoms with Crippen LogP contribution in [0.2, 0.25) is 0 Å². The van der Waals surface area contributed by atoms with Crippen molar-refractivity contribution < 1.29 is 19.4 Å². The number of hydrogen-bond donors (Lipinski definition) is 2. The molecule has 0 radical (unpaired) electrons. The zero-order chi connectivity index (χ0) is 15.0. The van der Waals surface area contributed by atoms with Gasteiger partial charge in [0.15, 0.2) is 0 Å². The van der Waals surface area contributed by atoms with Crippen molar-refractivity contribution in [3.05, 3.63) is 23.8 Å². The van der Waals surface area contributed by atoms with Gasteiger partial charge < -0.3 is 19.9 Å². The van der Waals surface area contributed by atoms with Crippen LogP contribution >= 0.6 is 0 Å². The van der Waals surface area contributed by atoms with E-state index in [1.807, 2.05) is 32.1 Å². The van der Waals surface area contributed by atoms with Gasteiger partial charge in [-0.1, -0.05) is 30.7 Å². The van der Waals surface area contributed by atoms with Crippen LogP contribution < -0.4 is 5.32 Å². The van der Waals surface area contributed by atoms with Gasteiger partial charge in [0.2, 0.25) is 5.91 Å². The van der Waals surface area contributed by atoms with Gasteiger partial charge in [-0.05, 0) is 13.3 Å². The van der Waals surface area contributed by atoms with Gasteiger partial charge in [0.05, 0.1) is 12.7 Å². The lowest BCUT2D eigenvalue weighted by molar-refractivity contribution is -0.125. The van der Waals surface area contributed by atoms with Crippen LogP contribution in [-0.2, 0) is 14.3 Å². The molecule has 0 aliphatic carbocycles. The summed E-state index contributed by atoms with van der Waals surface area (Å²) in [6.45, 7) is 4.86. The second-order valence-electron chi connectivity index (χ2n) is 5.12. The molecule has 1 aliphatic rings. The lowest BCUT2D eigenvalue weighted by atomic mass is 9.97. The number of rotatable bonds is 1. The van der Waals surface area contributed by atoms with Crippen LogP contribution in [0.4, 0.5) is 0 Å². The Morgan fingerprint density at radius 3 is 2.90 bits per heavy atom. The molecule has 0 saturated carbocycles. The first-order valence-electron chi connectivity index (χ1n) is 6.94. The molecule has 0 spiro atoms. The van der Waals surface area contributed by atoms with Gasteiger partial charge in [-0.25, -0.2) is 0 Å². The van der Waals surface area contributed by atoms with Crippen molar-refractivity contribution >= 4 is 5.91 Å². The molecule has 0 bridgehead atoms. The van der Waals surface area contributed by atoms with Gasteiger partial charge in [0.1, 0.15) is 12.7 Å². The van der Waals surface area contributed by atoms with Crippen molar-refractivity contribution in [1.29, 1.82) is 0 Å². The number of nitrogens with one attached hydrogen (secondary N) is 1. The highest BCUT2D eigenvalue weighted by molar-refractivity contribution is 5.77. The SMILES string of the molecule is COC1C=CCCNC(=O)COCC(C)=CC(C)C1O. The Hall–Kier alpha value is -1.17. The fourth-order valence-corrected chi connectivity index (χ4v) is 2.11. The fourth-order valence-electron chi connectivity index (χ4n) is 2.11. The summed E-state index contributed by atoms with van der Waals surface area (Å²) >= 11 is 0. The maximum absolute atomic E-state index is 11.5. The summed E-state index contributed by atoms with van der Waals surface area (Å²) in [6, 6.07) is 0. The first-order valence-corrected chi connectivity index (χ1v) is 6.94. The van der Waals surface area contributed by atoms with Crippen molar-refractivity contribution in [2.24, 2.45) is 5.92 Å². The van der Waals surface area contributed by atoms with Crippen LogP contribution in [0.1, 0.15) is 20.3 Å². The van der Waals surface area contributed by atoms with Gasteiger partial charge in [0, 0.05) is 19.6 Å². The first kappa shape index (κ1) is 16.9. The average Bonchev–Trinajstić information content (AvgIpc) is 2.41. The Balaban J connectivity index is 2.77. The van der Waals surface area contributed by atoms with Crippen molar-refractivity contribution in [1.82, 2.24) is 5.32 Å². The van der Waals surface area contributed by atoms with Crippen LogP contribution in [0.25, 0.3) is 0 Å². The molecule has 1 heterocycles. The van der Waals surface area contributed by atoms with Crippen LogP contribution in [0.5, 0.6) is 0 Å². The highest BCUT2D eigenvalue weighted by atomic mass is 16.5. The molecular weight excluding hydrogens is 258 g/mol. The van der Waals surface area contributed by atoms with E-state index in [1.165, 1.54) is 0 Å². The molecule has 3 atom stereocenters. The van der Waals surface area contributed by atoms with Crippen LogP contribution in [0, 0.1) is 5.92 Å². The predicted octanol–water partition coefficient (Wildman–Crippen LogP) is 1.04. The molecule has 114 valence electrons. The standard InChI is InChI=1S/C15H25NO4/c1-11-8-12(2)15(18)13(19-3)6-4-5-7-16-14(17)10-20-9-11/h4,6,8,12-13,15,18H,5,7,9-10H2,1-3H3,(H,16,17). The summed E-state index contributed by atoms with van der Waals surface area (Å²) < 4.78 is 10.6. The summed E-state index contributed by atoms with van der Waals surface area (Å²) in [5.74, 6) is -0.162. The third-order valence-electron chi connectivity index (χ3n) is 3.22. The average molecular weight is 283 g/mol. The molecule has 1 aliphatic heterocycles. The highest BCUT2D eigenvalue weighted by Crippen LogP contribution is 2.15. The summed E-state index contributed by atoms with van der Waals surface area (Å²) in [5.41, 5.74) is 0.986. The number of carbonyl (C=O) groups excluding carboxylic acids is 1. The van der Waals surface area contributed by atoms with E-state index < -0.39 is 6.10 Å². The lowest BCUT2D eigenvalue weighted by Crippen LogP contribution is -2.32. The van der Waals surface area contributed by atoms with Crippen molar-refractivity contribution in [2.45, 2.75) is 32.5 Å². The molecule has 0 fully saturated rings. The van der Waals surface area contributed by atoms with E-state index >= 15 is 0 Å². The molecule has 3 unspecified atom stereocenters. The molecule has 5 nitrogen and oxygen atoms in total. The topological polar surface area (TPSA) is 67.8 Å². The van der Waals surface area contributed by atoms with E-state index in [0.29, 0.717) is 19.6 Å². The molecule has 2 N–H and O–H groups in total. The Labute approximate surface area is 120 Å². The fraction of sp³-hybridized carbons (Fsp3) is 0.667. The van der Waals surface area contributed by atoms with Gasteiger partial charge in [-0.3, -0.25) is 4.79 Å². The summed E-state index contributed by atoms with van der Waals surface area (Å²) in [4.78, 5) is 11.5. The minimum absolute atomic E-state index is 0.0510. The Bertz CT molecular complexity index is 365. The first-order chi connectivity index (χ1) is 9.54. The minimum Gasteiger partial charge on any atom is -0.389 e. The van der Waals surface area contributed by atoms with E-state index in [1.54, 1.807) is 7.11 Å². The number of amides is 1. The molecular formula is C15H25NO4. The maximum Gasteiger partial charge on any atom is 0.246 e. The Morgan fingerprint density at radius 1 is 1.45 bits per heavy atom. The number of methoxy groups -OCH3 is 1. The summed E-state index contributed by atoms with van der Waals surface area (Å²) in [7, 11) is 1.58. The third kappa shape index (κ3) is 5.86. The number of hydrogen-bond acceptors (Lipinski definition) is 4. The molecule has 1 rings (SSSR count). The minimum atomic E-state index is -0.608. The third-order valence-corrected chi connectivity index (χ3v) is 3.22. The van der Waals surface area contributed by atoms with Gasteiger partial charge in [0.25, 0.3) is 0 Å². The van der Waals surface area contributed by atoms with Crippen molar-refractivity contribution in [2.75, 3.05) is 26.9 Å². The van der Waals surface area contributed by atoms with Crippen LogP contribution in [0.15, 0.2) is 23.8 Å². The summed E-state index contributed by atoms with van der Waals surface area (Å²) in [6.07, 6.45) is 5.44. The van der Waals surface area contributed by atoms with E-state index in [4.69, 9.17) is 9.47 Å². The molecule has 0 aromatic heterocycles. The quantitative estimate of drug-likeness (QED) is 0.706. The zero-order valence-corrected chi connectivity index (χ0v) is 12.5.